The Hall–Kier alpha value is -5.15. The molecule has 0 atom stereocenters. The molecule has 43 heavy (non-hydrogen) atoms. The molecule has 2 aromatic carbocycles. The molecule has 0 radical (unpaired) electrons. The molecule has 0 amide bonds. The van der Waals surface area contributed by atoms with Gasteiger partial charge < -0.3 is 58.1 Å². The number of halogens is 1. The Balaban J connectivity index is 1.59. The van der Waals surface area contributed by atoms with Crippen LogP contribution < -0.4 is 39.7 Å². The van der Waals surface area contributed by atoms with E-state index in [9.17, 15) is 39.2 Å². The maximum absolute atomic E-state index is 14.0. The van der Waals surface area contributed by atoms with E-state index in [2.05, 4.69) is 4.98 Å². The third kappa shape index (κ3) is 7.78. The van der Waals surface area contributed by atoms with E-state index in [4.69, 9.17) is 18.3 Å². The molecule has 2 aromatic heterocycles. The zero-order chi connectivity index (χ0) is 30.9. The van der Waals surface area contributed by atoms with Crippen molar-refractivity contribution >= 4 is 40.6 Å². The topological polar surface area (TPSA) is 208 Å². The third-order valence-corrected chi connectivity index (χ3v) is 6.01. The zero-order valence-electron chi connectivity index (χ0n) is 22.5. The molecule has 0 aliphatic rings. The lowest BCUT2D eigenvalue weighted by Crippen LogP contribution is -2.41. The normalized spacial score (nSPS) is 11.0. The summed E-state index contributed by atoms with van der Waals surface area (Å²) < 4.78 is 36.6. The number of furan rings is 1. The minimum Gasteiger partial charge on any atom is -0.853 e. The number of benzene rings is 2. The standard InChI is InChI=1S/C28H26FN3O11/c29-18-1-2-20(31(3-5-33)14-26(36)37)24(11-18)41-8-7-40-23-9-17-10-25(28-30-13-19(16-35)42-28)43-22(17)12-21(23)32(4-6-34)15-27(38)39/h1-2,9-13,16H,3-8,14-15H2,(H,36,37)(H,38,39)/q-2/p-2. The predicted octanol–water partition coefficient (Wildman–Crippen LogP) is -1.67. The van der Waals surface area contributed by atoms with Gasteiger partial charge in [-0.1, -0.05) is 0 Å². The average molecular weight is 598 g/mol. The number of carbonyl (C=O) groups excluding carboxylic acids is 3. The second kappa shape index (κ2) is 14.2. The molecule has 0 spiro atoms. The Labute approximate surface area is 243 Å². The third-order valence-electron chi connectivity index (χ3n) is 6.01. The molecule has 0 N–H and O–H groups in total. The van der Waals surface area contributed by atoms with Crippen LogP contribution in [0.1, 0.15) is 10.6 Å². The lowest BCUT2D eigenvalue weighted by molar-refractivity contribution is -0.364. The van der Waals surface area contributed by atoms with Crippen molar-refractivity contribution in [2.24, 2.45) is 0 Å². The molecule has 0 saturated carbocycles. The lowest BCUT2D eigenvalue weighted by atomic mass is 10.2. The fourth-order valence-corrected chi connectivity index (χ4v) is 4.25. The van der Waals surface area contributed by atoms with Crippen molar-refractivity contribution in [3.8, 4) is 23.1 Å². The number of anilines is 2. The Morgan fingerprint density at radius 2 is 1.51 bits per heavy atom. The molecule has 14 nitrogen and oxygen atoms in total. The highest BCUT2D eigenvalue weighted by atomic mass is 19.1. The van der Waals surface area contributed by atoms with Crippen LogP contribution in [-0.4, -0.2) is 75.8 Å². The Morgan fingerprint density at radius 3 is 2.09 bits per heavy atom. The monoisotopic (exact) mass is 597 g/mol. The number of hydrogen-bond donors (Lipinski definition) is 0. The van der Waals surface area contributed by atoms with Crippen LogP contribution in [0.4, 0.5) is 15.8 Å². The number of carboxylic acids is 2. The van der Waals surface area contributed by atoms with Crippen molar-refractivity contribution in [1.82, 2.24) is 4.98 Å². The van der Waals surface area contributed by atoms with E-state index in [1.54, 1.807) is 6.07 Å². The first-order chi connectivity index (χ1) is 20.7. The summed E-state index contributed by atoms with van der Waals surface area (Å²) >= 11 is 0. The fraction of sp³-hybridized carbons (Fsp3) is 0.286. The number of fused-ring (bicyclic) bond motifs is 1. The molecular formula is C28H24FN3O11-4. The number of rotatable bonds is 17. The molecule has 0 fully saturated rings. The van der Waals surface area contributed by atoms with Crippen molar-refractivity contribution in [2.75, 3.05) is 62.4 Å². The zero-order valence-corrected chi connectivity index (χ0v) is 22.5. The summed E-state index contributed by atoms with van der Waals surface area (Å²) in [5.41, 5.74) is 0.621. The van der Waals surface area contributed by atoms with Crippen molar-refractivity contribution in [2.45, 2.75) is 0 Å². The summed E-state index contributed by atoms with van der Waals surface area (Å²) in [5.74, 6) is -3.28. The number of hydrogen-bond acceptors (Lipinski definition) is 14. The van der Waals surface area contributed by atoms with Gasteiger partial charge in [-0.2, -0.15) is 0 Å². The van der Waals surface area contributed by atoms with Gasteiger partial charge in [0.25, 0.3) is 5.89 Å². The van der Waals surface area contributed by atoms with Crippen molar-refractivity contribution in [1.29, 1.82) is 0 Å². The quantitative estimate of drug-likeness (QED) is 0.0985. The van der Waals surface area contributed by atoms with Crippen LogP contribution in [0.5, 0.6) is 11.5 Å². The van der Waals surface area contributed by atoms with E-state index >= 15 is 0 Å². The number of carbonyl (C=O) groups is 3. The van der Waals surface area contributed by atoms with Crippen LogP contribution in [-0.2, 0) is 9.59 Å². The van der Waals surface area contributed by atoms with Gasteiger partial charge in [-0.3, -0.25) is 4.79 Å². The van der Waals surface area contributed by atoms with Crippen LogP contribution in [0.15, 0.2) is 51.4 Å². The Morgan fingerprint density at radius 1 is 0.884 bits per heavy atom. The number of ether oxygens (including phenoxy) is 2. The number of aldehydes is 1. The second-order valence-electron chi connectivity index (χ2n) is 8.96. The van der Waals surface area contributed by atoms with E-state index in [1.807, 2.05) is 0 Å². The molecule has 0 unspecified atom stereocenters. The molecule has 2 heterocycles. The number of oxazole rings is 1. The lowest BCUT2D eigenvalue weighted by Gasteiger charge is -2.29. The minimum absolute atomic E-state index is 0.0204. The molecule has 0 aliphatic heterocycles. The van der Waals surface area contributed by atoms with Crippen LogP contribution >= 0.6 is 0 Å². The summed E-state index contributed by atoms with van der Waals surface area (Å²) in [4.78, 5) is 39.9. The number of carboxylic acid groups (broad SMARTS) is 2. The fourth-order valence-electron chi connectivity index (χ4n) is 4.25. The summed E-state index contributed by atoms with van der Waals surface area (Å²) in [6.07, 6.45) is 1.69. The van der Waals surface area contributed by atoms with Crippen LogP contribution in [0.25, 0.3) is 22.6 Å². The van der Waals surface area contributed by atoms with Gasteiger partial charge in [-0.15, -0.1) is 13.2 Å². The van der Waals surface area contributed by atoms with Gasteiger partial charge in [-0.25, -0.2) is 9.37 Å². The molecule has 4 aromatic rings. The van der Waals surface area contributed by atoms with E-state index < -0.39 is 44.1 Å². The summed E-state index contributed by atoms with van der Waals surface area (Å²) in [7, 11) is 0. The van der Waals surface area contributed by atoms with E-state index in [0.717, 1.165) is 12.1 Å². The van der Waals surface area contributed by atoms with Gasteiger partial charge >= 0.3 is 0 Å². The highest BCUT2D eigenvalue weighted by Gasteiger charge is 2.19. The molecule has 0 aliphatic carbocycles. The van der Waals surface area contributed by atoms with Gasteiger partial charge in [0.2, 0.25) is 0 Å². The van der Waals surface area contributed by atoms with E-state index in [0.29, 0.717) is 11.7 Å². The molecule has 0 saturated heterocycles. The Kier molecular flexibility index (Phi) is 10.1. The molecule has 228 valence electrons. The molecule has 15 heteroatoms. The average Bonchev–Trinajstić information content (AvgIpc) is 3.61. The highest BCUT2D eigenvalue weighted by Crippen LogP contribution is 2.37. The summed E-state index contributed by atoms with van der Waals surface area (Å²) in [5, 5.41) is 45.7. The SMILES string of the molecule is O=Cc1cnc(-c2cc3cc(OCCOc4cc(F)ccc4N(CC[O-])CC(=O)[O-])c(N(CC[O-])CC(=O)[O-])cc3o2)o1. The maximum atomic E-state index is 14.0. The smallest absolute Gasteiger partial charge is 0.263 e. The van der Waals surface area contributed by atoms with E-state index in [-0.39, 0.29) is 72.2 Å². The largest absolute Gasteiger partial charge is 0.853 e. The first-order valence-corrected chi connectivity index (χ1v) is 12.8. The van der Waals surface area contributed by atoms with Gasteiger partial charge in [0, 0.05) is 30.6 Å². The van der Waals surface area contributed by atoms with Gasteiger partial charge in [0.05, 0.1) is 42.6 Å². The van der Waals surface area contributed by atoms with Gasteiger partial charge in [-0.05, 0) is 24.3 Å². The maximum Gasteiger partial charge on any atom is 0.263 e. The van der Waals surface area contributed by atoms with Crippen molar-refractivity contribution in [3.05, 3.63) is 54.2 Å². The summed E-state index contributed by atoms with van der Waals surface area (Å²) in [6.45, 7) is -3.27. The van der Waals surface area contributed by atoms with Crippen molar-refractivity contribution < 1.29 is 57.5 Å². The molecular weight excluding hydrogens is 573 g/mol. The molecule has 0 bridgehead atoms. The number of aliphatic carboxylic acids is 2. The van der Waals surface area contributed by atoms with Gasteiger partial charge in [0.15, 0.2) is 17.8 Å². The number of aromatic nitrogens is 1. The predicted molar refractivity (Wildman–Crippen MR) is 139 cm³/mol. The van der Waals surface area contributed by atoms with Crippen LogP contribution in [0.3, 0.4) is 0 Å². The second-order valence-corrected chi connectivity index (χ2v) is 8.96. The first kappa shape index (κ1) is 30.8. The number of nitrogens with zero attached hydrogens (tertiary/aromatic N) is 3. The van der Waals surface area contributed by atoms with Crippen LogP contribution in [0, 0.1) is 5.82 Å². The van der Waals surface area contributed by atoms with Gasteiger partial charge in [0.1, 0.15) is 36.1 Å². The summed E-state index contributed by atoms with van der Waals surface area (Å²) in [6, 6.07) is 7.94. The first-order valence-electron chi connectivity index (χ1n) is 12.8. The highest BCUT2D eigenvalue weighted by molar-refractivity contribution is 5.89. The molecule has 4 rings (SSSR count). The van der Waals surface area contributed by atoms with Crippen LogP contribution in [0.2, 0.25) is 0 Å². The minimum atomic E-state index is -1.44. The van der Waals surface area contributed by atoms with Crippen molar-refractivity contribution in [3.63, 3.8) is 0 Å². The van der Waals surface area contributed by atoms with E-state index in [1.165, 1.54) is 34.2 Å². The Bertz CT molecular complexity index is 1590.